The first-order valence-corrected chi connectivity index (χ1v) is 12.3. The van der Waals surface area contributed by atoms with Crippen LogP contribution in [0.4, 0.5) is 0 Å². The predicted molar refractivity (Wildman–Crippen MR) is 81.4 cm³/mol. The van der Waals surface area contributed by atoms with Gasteiger partial charge < -0.3 is 22.8 Å². The summed E-state index contributed by atoms with van der Waals surface area (Å²) in [5.74, 6) is 0. The van der Waals surface area contributed by atoms with Gasteiger partial charge in [0.25, 0.3) is 0 Å². The van der Waals surface area contributed by atoms with Gasteiger partial charge in [-0.1, -0.05) is 0 Å². The van der Waals surface area contributed by atoms with Crippen LogP contribution in [-0.2, 0) is 22.8 Å². The summed E-state index contributed by atoms with van der Waals surface area (Å²) >= 11 is 0. The van der Waals surface area contributed by atoms with Crippen molar-refractivity contribution in [1.82, 2.24) is 0 Å². The first kappa shape index (κ1) is 19.2. The molecule has 0 amide bonds. The molecule has 5 nitrogen and oxygen atoms in total. The van der Waals surface area contributed by atoms with Crippen LogP contribution in [0, 0.1) is 0 Å². The van der Waals surface area contributed by atoms with Crippen LogP contribution < -0.4 is 0 Å². The molecule has 0 aliphatic carbocycles. The third-order valence-electron chi connectivity index (χ3n) is 3.34. The summed E-state index contributed by atoms with van der Waals surface area (Å²) in [7, 11) is 1.71. The smallest absolute Gasteiger partial charge is 0.336 e. The Kier molecular flexibility index (Phi) is 10.2. The van der Waals surface area contributed by atoms with Crippen LogP contribution in [0.25, 0.3) is 0 Å². The van der Waals surface area contributed by atoms with Gasteiger partial charge in [0, 0.05) is 40.6 Å². The van der Waals surface area contributed by atoms with Crippen molar-refractivity contribution in [3.05, 3.63) is 0 Å². The molecular weight excluding hydrogens is 280 g/mol. The van der Waals surface area contributed by atoms with Crippen molar-refractivity contribution in [1.29, 1.82) is 0 Å². The summed E-state index contributed by atoms with van der Waals surface area (Å²) < 4.78 is 27.3. The molecule has 0 saturated carbocycles. The van der Waals surface area contributed by atoms with Crippen LogP contribution >= 0.6 is 0 Å². The van der Waals surface area contributed by atoms with E-state index in [2.05, 4.69) is 13.1 Å². The van der Waals surface area contributed by atoms with E-state index >= 15 is 0 Å². The second-order valence-electron chi connectivity index (χ2n) is 5.23. The maximum Gasteiger partial charge on any atom is 0.336 e. The van der Waals surface area contributed by atoms with Gasteiger partial charge in [-0.05, 0) is 25.7 Å². The van der Waals surface area contributed by atoms with Crippen molar-refractivity contribution >= 4 is 16.9 Å². The Balaban J connectivity index is 3.42. The molecular formula is C12H30O5Si2. The van der Waals surface area contributed by atoms with Gasteiger partial charge in [0.15, 0.2) is 8.32 Å². The van der Waals surface area contributed by atoms with E-state index in [1.807, 2.05) is 6.55 Å². The third-order valence-corrected chi connectivity index (χ3v) is 8.69. The van der Waals surface area contributed by atoms with E-state index in [1.165, 1.54) is 0 Å². The lowest BCUT2D eigenvalue weighted by atomic mass is 10.7. The van der Waals surface area contributed by atoms with E-state index in [4.69, 9.17) is 22.8 Å². The highest BCUT2D eigenvalue weighted by Gasteiger charge is 2.28. The minimum atomic E-state index is -1.98. The molecule has 0 fully saturated rings. The van der Waals surface area contributed by atoms with Crippen LogP contribution in [0.3, 0.4) is 0 Å². The highest BCUT2D eigenvalue weighted by Crippen LogP contribution is 2.11. The molecule has 0 bridgehead atoms. The molecule has 19 heavy (non-hydrogen) atoms. The van der Waals surface area contributed by atoms with Gasteiger partial charge in [0.2, 0.25) is 0 Å². The summed E-state index contributed by atoms with van der Waals surface area (Å²) in [6.45, 7) is 9.07. The second-order valence-corrected chi connectivity index (χ2v) is 13.2. The number of hydrogen-bond donors (Lipinski definition) is 0. The quantitative estimate of drug-likeness (QED) is 0.409. The summed E-state index contributed by atoms with van der Waals surface area (Å²) in [5, 5.41) is 0. The first-order valence-electron chi connectivity index (χ1n) is 6.70. The third kappa shape index (κ3) is 9.72. The lowest BCUT2D eigenvalue weighted by Crippen LogP contribution is -2.37. The molecule has 0 aromatic heterocycles. The summed E-state index contributed by atoms with van der Waals surface area (Å²) in [5.41, 5.74) is 0. The minimum Gasteiger partial charge on any atom is -0.420 e. The lowest BCUT2D eigenvalue weighted by molar-refractivity contribution is 0.0545. The molecule has 0 heterocycles. The van der Waals surface area contributed by atoms with E-state index in [-0.39, 0.29) is 0 Å². The van der Waals surface area contributed by atoms with Gasteiger partial charge in [-0.3, -0.25) is 0 Å². The van der Waals surface area contributed by atoms with Gasteiger partial charge in [-0.2, -0.15) is 0 Å². The van der Waals surface area contributed by atoms with E-state index in [1.54, 1.807) is 21.3 Å². The van der Waals surface area contributed by atoms with Gasteiger partial charge in [-0.15, -0.1) is 0 Å². The molecule has 7 heteroatoms. The van der Waals surface area contributed by atoms with Crippen LogP contribution in [0.5, 0.6) is 0 Å². The maximum absolute atomic E-state index is 5.53. The number of rotatable bonds is 12. The Morgan fingerprint density at radius 3 is 1.53 bits per heavy atom. The highest BCUT2D eigenvalue weighted by molar-refractivity contribution is 6.71. The molecule has 0 aromatic carbocycles. The lowest BCUT2D eigenvalue weighted by Gasteiger charge is -2.22. The standard InChI is InChI=1S/C12H30O5Si2/c1-13-18(4,5)11-9-16-7-8-17-10-12-19(6,14-2)15-3/h7-12H2,1-6H3. The number of hydrogen-bond acceptors (Lipinski definition) is 5. The van der Waals surface area contributed by atoms with Crippen LogP contribution in [0.15, 0.2) is 0 Å². The summed E-state index contributed by atoms with van der Waals surface area (Å²) in [4.78, 5) is 0. The molecule has 116 valence electrons. The molecule has 0 rings (SSSR count). The Morgan fingerprint density at radius 1 is 0.632 bits per heavy atom. The molecule has 0 unspecified atom stereocenters. The summed E-state index contributed by atoms with van der Waals surface area (Å²) in [6, 6.07) is 1.85. The Labute approximate surface area is 119 Å². The van der Waals surface area contributed by atoms with Crippen molar-refractivity contribution < 1.29 is 22.8 Å². The van der Waals surface area contributed by atoms with E-state index < -0.39 is 16.9 Å². The van der Waals surface area contributed by atoms with Crippen molar-refractivity contribution in [2.45, 2.75) is 31.7 Å². The Bertz CT molecular complexity index is 222. The first-order chi connectivity index (χ1) is 8.89. The zero-order valence-electron chi connectivity index (χ0n) is 13.3. The molecule has 0 aliphatic rings. The number of ether oxygens (including phenoxy) is 2. The summed E-state index contributed by atoms with van der Waals surface area (Å²) in [6.07, 6.45) is 0. The predicted octanol–water partition coefficient (Wildman–Crippen LogP) is 2.24. The normalized spacial score (nSPS) is 12.9. The zero-order valence-corrected chi connectivity index (χ0v) is 15.3. The van der Waals surface area contributed by atoms with Gasteiger partial charge >= 0.3 is 8.56 Å². The van der Waals surface area contributed by atoms with Crippen molar-refractivity contribution in [3.8, 4) is 0 Å². The second kappa shape index (κ2) is 10.0. The average molecular weight is 311 g/mol. The highest BCUT2D eigenvalue weighted by atomic mass is 28.4. The van der Waals surface area contributed by atoms with Crippen LogP contribution in [0.2, 0.25) is 31.7 Å². The van der Waals surface area contributed by atoms with Crippen LogP contribution in [0.1, 0.15) is 0 Å². The molecule has 0 aromatic rings. The Hall–Kier alpha value is 0.234. The van der Waals surface area contributed by atoms with E-state index in [9.17, 15) is 0 Å². The molecule has 0 atom stereocenters. The SMILES string of the molecule is CO[Si](C)(C)CCOCCOCC[Si](C)(OC)OC. The van der Waals surface area contributed by atoms with Crippen LogP contribution in [-0.4, -0.2) is 64.6 Å². The van der Waals surface area contributed by atoms with Gasteiger partial charge in [0.05, 0.1) is 13.2 Å². The zero-order chi connectivity index (χ0) is 14.8. The molecule has 0 saturated heterocycles. The molecule has 0 radical (unpaired) electrons. The monoisotopic (exact) mass is 310 g/mol. The average Bonchev–Trinajstić information content (AvgIpc) is 2.41. The van der Waals surface area contributed by atoms with Crippen molar-refractivity contribution in [2.24, 2.45) is 0 Å². The van der Waals surface area contributed by atoms with Gasteiger partial charge in [0.1, 0.15) is 0 Å². The largest absolute Gasteiger partial charge is 0.420 e. The van der Waals surface area contributed by atoms with E-state index in [0.29, 0.717) is 19.8 Å². The minimum absolute atomic E-state index is 0.618. The fourth-order valence-corrected chi connectivity index (χ4v) is 3.22. The maximum atomic E-state index is 5.53. The molecule has 0 aliphatic heterocycles. The van der Waals surface area contributed by atoms with Crippen molar-refractivity contribution in [2.75, 3.05) is 47.8 Å². The van der Waals surface area contributed by atoms with Gasteiger partial charge in [-0.25, -0.2) is 0 Å². The Morgan fingerprint density at radius 2 is 1.11 bits per heavy atom. The fraction of sp³-hybridized carbons (Fsp3) is 1.00. The van der Waals surface area contributed by atoms with Crippen molar-refractivity contribution in [3.63, 3.8) is 0 Å². The topological polar surface area (TPSA) is 46.2 Å². The van der Waals surface area contributed by atoms with E-state index in [0.717, 1.165) is 18.7 Å². The fourth-order valence-electron chi connectivity index (χ4n) is 1.29. The molecule has 0 N–H and O–H groups in total. The molecule has 0 spiro atoms.